The molecule has 1 N–H and O–H groups in total. The molecule has 0 saturated carbocycles. The summed E-state index contributed by atoms with van der Waals surface area (Å²) in [5, 5.41) is 9.32. The molecule has 30 heavy (non-hydrogen) atoms. The number of fused-ring (bicyclic) bond motifs is 1. The monoisotopic (exact) mass is 409 g/mol. The Balaban J connectivity index is 1.88. The van der Waals surface area contributed by atoms with Crippen LogP contribution in [-0.2, 0) is 13.2 Å². The van der Waals surface area contributed by atoms with E-state index in [-0.39, 0.29) is 5.56 Å². The van der Waals surface area contributed by atoms with E-state index in [0.717, 1.165) is 55.3 Å². The number of nitrogens with zero attached hydrogens (tertiary/aromatic N) is 3. The zero-order valence-corrected chi connectivity index (χ0v) is 18.3. The molecule has 0 aliphatic rings. The first kappa shape index (κ1) is 21.8. The molecule has 0 bridgehead atoms. The second-order valence-corrected chi connectivity index (χ2v) is 7.56. The highest BCUT2D eigenvalue weighted by Crippen LogP contribution is 2.24. The van der Waals surface area contributed by atoms with Crippen LogP contribution in [-0.4, -0.2) is 45.2 Å². The third-order valence-corrected chi connectivity index (χ3v) is 5.74. The van der Waals surface area contributed by atoms with Crippen LogP contribution in [0.3, 0.4) is 0 Å². The number of rotatable bonds is 10. The molecule has 160 valence electrons. The SMILES string of the molecule is CCN(CC)CCCn1c(COc2cccc(C)c2C)nc2cc(C(=O)O)ccc21. The van der Waals surface area contributed by atoms with Gasteiger partial charge in [0.05, 0.1) is 16.6 Å². The van der Waals surface area contributed by atoms with Gasteiger partial charge in [0.25, 0.3) is 0 Å². The van der Waals surface area contributed by atoms with Crippen molar-refractivity contribution in [1.82, 2.24) is 14.5 Å². The Morgan fingerprint density at radius 3 is 2.63 bits per heavy atom. The molecule has 1 aromatic heterocycles. The van der Waals surface area contributed by atoms with Gasteiger partial charge in [0.1, 0.15) is 18.2 Å². The highest BCUT2D eigenvalue weighted by atomic mass is 16.5. The maximum Gasteiger partial charge on any atom is 0.335 e. The van der Waals surface area contributed by atoms with Crippen LogP contribution in [0, 0.1) is 13.8 Å². The number of carboxylic acid groups (broad SMARTS) is 1. The molecule has 3 rings (SSSR count). The van der Waals surface area contributed by atoms with Crippen LogP contribution >= 0.6 is 0 Å². The maximum absolute atomic E-state index is 11.4. The Morgan fingerprint density at radius 1 is 1.17 bits per heavy atom. The lowest BCUT2D eigenvalue weighted by atomic mass is 10.1. The van der Waals surface area contributed by atoms with Crippen LogP contribution in [0.5, 0.6) is 5.75 Å². The number of aryl methyl sites for hydroxylation is 2. The van der Waals surface area contributed by atoms with Crippen molar-refractivity contribution in [1.29, 1.82) is 0 Å². The predicted molar refractivity (Wildman–Crippen MR) is 119 cm³/mol. The molecule has 0 aliphatic heterocycles. The fraction of sp³-hybridized carbons (Fsp3) is 0.417. The lowest BCUT2D eigenvalue weighted by molar-refractivity contribution is 0.0697. The van der Waals surface area contributed by atoms with Gasteiger partial charge in [-0.25, -0.2) is 9.78 Å². The van der Waals surface area contributed by atoms with E-state index in [2.05, 4.69) is 43.2 Å². The molecular weight excluding hydrogens is 378 g/mol. The van der Waals surface area contributed by atoms with Crippen LogP contribution < -0.4 is 4.74 Å². The number of carbonyl (C=O) groups is 1. The minimum Gasteiger partial charge on any atom is -0.485 e. The molecule has 0 fully saturated rings. The molecule has 1 heterocycles. The first-order valence-corrected chi connectivity index (χ1v) is 10.6. The standard InChI is InChI=1S/C24H31N3O3/c1-5-26(6-2)13-8-14-27-21-12-11-19(24(28)29)15-20(21)25-23(27)16-30-22-10-7-9-17(3)18(22)4/h7,9-12,15H,5-6,8,13-14,16H2,1-4H3,(H,28,29). The Labute approximate surface area is 178 Å². The average molecular weight is 410 g/mol. The van der Waals surface area contributed by atoms with Crippen LogP contribution in [0.1, 0.15) is 47.6 Å². The fourth-order valence-corrected chi connectivity index (χ4v) is 3.69. The largest absolute Gasteiger partial charge is 0.485 e. The summed E-state index contributed by atoms with van der Waals surface area (Å²) in [4.78, 5) is 18.5. The number of hydrogen-bond acceptors (Lipinski definition) is 4. The smallest absolute Gasteiger partial charge is 0.335 e. The normalized spacial score (nSPS) is 11.4. The summed E-state index contributed by atoms with van der Waals surface area (Å²) in [6.45, 7) is 12.7. The van der Waals surface area contributed by atoms with Crippen molar-refractivity contribution in [3.63, 3.8) is 0 Å². The van der Waals surface area contributed by atoms with Crippen molar-refractivity contribution in [2.45, 2.75) is 47.3 Å². The van der Waals surface area contributed by atoms with Gasteiger partial charge in [-0.15, -0.1) is 0 Å². The minimum atomic E-state index is -0.943. The van der Waals surface area contributed by atoms with Crippen LogP contribution in [0.4, 0.5) is 0 Å². The van der Waals surface area contributed by atoms with Crippen molar-refractivity contribution >= 4 is 17.0 Å². The van der Waals surface area contributed by atoms with E-state index in [4.69, 9.17) is 9.72 Å². The summed E-state index contributed by atoms with van der Waals surface area (Å²) in [6.07, 6.45) is 0.990. The number of benzene rings is 2. The summed E-state index contributed by atoms with van der Waals surface area (Å²) >= 11 is 0. The van der Waals surface area contributed by atoms with Crippen LogP contribution in [0.25, 0.3) is 11.0 Å². The minimum absolute atomic E-state index is 0.247. The summed E-state index contributed by atoms with van der Waals surface area (Å²) in [6, 6.07) is 11.2. The Hall–Kier alpha value is -2.86. The second-order valence-electron chi connectivity index (χ2n) is 7.56. The lowest BCUT2D eigenvalue weighted by Gasteiger charge is -2.18. The Bertz CT molecular complexity index is 1020. The van der Waals surface area contributed by atoms with Gasteiger partial charge in [0, 0.05) is 6.54 Å². The number of imidazole rings is 1. The molecule has 3 aromatic rings. The third kappa shape index (κ3) is 4.82. The molecule has 0 radical (unpaired) electrons. The highest BCUT2D eigenvalue weighted by molar-refractivity contribution is 5.92. The quantitative estimate of drug-likeness (QED) is 0.527. The molecule has 0 spiro atoms. The van der Waals surface area contributed by atoms with Crippen molar-refractivity contribution in [2.75, 3.05) is 19.6 Å². The molecular formula is C24H31N3O3. The second kappa shape index (κ2) is 9.76. The van der Waals surface area contributed by atoms with Crippen molar-refractivity contribution < 1.29 is 14.6 Å². The fourth-order valence-electron chi connectivity index (χ4n) is 3.69. The van der Waals surface area contributed by atoms with E-state index in [9.17, 15) is 9.90 Å². The van der Waals surface area contributed by atoms with Crippen molar-refractivity contribution in [3.8, 4) is 5.75 Å². The summed E-state index contributed by atoms with van der Waals surface area (Å²) in [5.74, 6) is 0.720. The van der Waals surface area contributed by atoms with Crippen molar-refractivity contribution in [2.24, 2.45) is 0 Å². The number of aromatic carboxylic acids is 1. The molecule has 0 atom stereocenters. The Kier molecular flexibility index (Phi) is 7.11. The maximum atomic E-state index is 11.4. The van der Waals surface area contributed by atoms with E-state index in [1.807, 2.05) is 18.2 Å². The van der Waals surface area contributed by atoms with E-state index < -0.39 is 5.97 Å². The Morgan fingerprint density at radius 2 is 1.93 bits per heavy atom. The highest BCUT2D eigenvalue weighted by Gasteiger charge is 2.15. The van der Waals surface area contributed by atoms with Gasteiger partial charge in [0.15, 0.2) is 0 Å². The molecule has 6 nitrogen and oxygen atoms in total. The average Bonchev–Trinajstić information content (AvgIpc) is 3.09. The van der Waals surface area contributed by atoms with Crippen molar-refractivity contribution in [3.05, 3.63) is 58.9 Å². The van der Waals surface area contributed by atoms with Gasteiger partial charge in [0.2, 0.25) is 0 Å². The van der Waals surface area contributed by atoms with Crippen LogP contribution in [0.2, 0.25) is 0 Å². The van der Waals surface area contributed by atoms with Gasteiger partial charge in [-0.2, -0.15) is 0 Å². The summed E-state index contributed by atoms with van der Waals surface area (Å²) < 4.78 is 8.27. The number of hydrogen-bond donors (Lipinski definition) is 1. The van der Waals surface area contributed by atoms with E-state index in [0.29, 0.717) is 12.1 Å². The van der Waals surface area contributed by atoms with Crippen LogP contribution in [0.15, 0.2) is 36.4 Å². The molecule has 2 aromatic carbocycles. The summed E-state index contributed by atoms with van der Waals surface area (Å²) in [7, 11) is 0. The summed E-state index contributed by atoms with van der Waals surface area (Å²) in [5.41, 5.74) is 4.19. The van der Waals surface area contributed by atoms with Gasteiger partial charge >= 0.3 is 5.97 Å². The molecule has 0 saturated heterocycles. The number of carboxylic acids is 1. The van der Waals surface area contributed by atoms with Gasteiger partial charge in [-0.3, -0.25) is 0 Å². The van der Waals surface area contributed by atoms with E-state index >= 15 is 0 Å². The van der Waals surface area contributed by atoms with Gasteiger partial charge in [-0.05, 0) is 75.3 Å². The molecule has 0 amide bonds. The van der Waals surface area contributed by atoms with Gasteiger partial charge in [-0.1, -0.05) is 26.0 Å². The number of aromatic nitrogens is 2. The molecule has 0 aliphatic carbocycles. The third-order valence-electron chi connectivity index (χ3n) is 5.74. The first-order chi connectivity index (χ1) is 14.4. The topological polar surface area (TPSA) is 67.6 Å². The zero-order valence-electron chi connectivity index (χ0n) is 18.3. The molecule has 0 unspecified atom stereocenters. The first-order valence-electron chi connectivity index (χ1n) is 10.6. The molecule has 6 heteroatoms. The van der Waals surface area contributed by atoms with E-state index in [1.165, 1.54) is 5.56 Å². The zero-order chi connectivity index (χ0) is 21.7. The predicted octanol–water partition coefficient (Wildman–Crippen LogP) is 4.66. The van der Waals surface area contributed by atoms with E-state index in [1.54, 1.807) is 12.1 Å². The van der Waals surface area contributed by atoms with Gasteiger partial charge < -0.3 is 19.3 Å². The number of ether oxygens (including phenoxy) is 1. The lowest BCUT2D eigenvalue weighted by Crippen LogP contribution is -2.25.